The molecule has 4 heterocycles. The number of aromatic nitrogens is 3. The topological polar surface area (TPSA) is 109 Å². The number of fused-ring (bicyclic) bond motifs is 3. The van der Waals surface area contributed by atoms with Crippen LogP contribution in [0, 0.1) is 0 Å². The molecule has 8 nitrogen and oxygen atoms in total. The SMILES string of the molecule is NC(=O)Cn1c(=O)n(CC2CCCO2)c(=O)c2c3cccnc3sc21. The Morgan fingerprint density at radius 1 is 1.40 bits per heavy atom. The highest BCUT2D eigenvalue weighted by Gasteiger charge is 2.23. The first-order valence-electron chi connectivity index (χ1n) is 7.97. The molecule has 1 amide bonds. The molecule has 9 heteroatoms. The fourth-order valence-electron chi connectivity index (χ4n) is 3.22. The minimum atomic E-state index is -0.642. The fourth-order valence-corrected chi connectivity index (χ4v) is 4.35. The number of nitrogens with zero attached hydrogens (tertiary/aromatic N) is 3. The van der Waals surface area contributed by atoms with Crippen LogP contribution in [0.25, 0.3) is 20.4 Å². The molecule has 3 aromatic heterocycles. The molecule has 1 fully saturated rings. The Balaban J connectivity index is 2.03. The number of thiophene rings is 1. The molecule has 1 aliphatic heterocycles. The molecule has 3 aromatic rings. The van der Waals surface area contributed by atoms with E-state index in [0.717, 1.165) is 17.4 Å². The molecule has 1 unspecified atom stereocenters. The van der Waals surface area contributed by atoms with Gasteiger partial charge in [-0.15, -0.1) is 0 Å². The molecule has 0 saturated carbocycles. The van der Waals surface area contributed by atoms with Crippen LogP contribution in [0.1, 0.15) is 12.8 Å². The van der Waals surface area contributed by atoms with Gasteiger partial charge in [-0.05, 0) is 25.0 Å². The van der Waals surface area contributed by atoms with E-state index in [1.54, 1.807) is 18.3 Å². The lowest BCUT2D eigenvalue weighted by molar-refractivity contribution is -0.118. The Morgan fingerprint density at radius 2 is 2.24 bits per heavy atom. The minimum Gasteiger partial charge on any atom is -0.376 e. The molecule has 130 valence electrons. The summed E-state index contributed by atoms with van der Waals surface area (Å²) in [5.74, 6) is -0.642. The van der Waals surface area contributed by atoms with Crippen molar-refractivity contribution in [2.75, 3.05) is 6.61 Å². The van der Waals surface area contributed by atoms with Gasteiger partial charge in [-0.3, -0.25) is 18.7 Å². The van der Waals surface area contributed by atoms with Gasteiger partial charge in [-0.1, -0.05) is 11.3 Å². The second kappa shape index (κ2) is 6.08. The lowest BCUT2D eigenvalue weighted by Gasteiger charge is -2.14. The Kier molecular flexibility index (Phi) is 3.89. The summed E-state index contributed by atoms with van der Waals surface area (Å²) in [6.07, 6.45) is 3.15. The number of hydrogen-bond donors (Lipinski definition) is 1. The summed E-state index contributed by atoms with van der Waals surface area (Å²) in [6, 6.07) is 3.53. The Labute approximate surface area is 145 Å². The lowest BCUT2D eigenvalue weighted by Crippen LogP contribution is -2.43. The quantitative estimate of drug-likeness (QED) is 0.726. The number of nitrogens with two attached hydrogens (primary N) is 1. The van der Waals surface area contributed by atoms with Gasteiger partial charge in [-0.25, -0.2) is 9.78 Å². The Morgan fingerprint density at radius 3 is 2.96 bits per heavy atom. The first-order valence-corrected chi connectivity index (χ1v) is 8.78. The zero-order chi connectivity index (χ0) is 17.6. The van der Waals surface area contributed by atoms with Gasteiger partial charge in [0.1, 0.15) is 16.2 Å². The van der Waals surface area contributed by atoms with E-state index in [1.807, 2.05) is 0 Å². The summed E-state index contributed by atoms with van der Waals surface area (Å²) in [6.45, 7) is 0.514. The molecule has 1 atom stereocenters. The van der Waals surface area contributed by atoms with Crippen LogP contribution < -0.4 is 17.0 Å². The van der Waals surface area contributed by atoms with Gasteiger partial charge >= 0.3 is 5.69 Å². The molecular weight excluding hydrogens is 344 g/mol. The van der Waals surface area contributed by atoms with Crippen molar-refractivity contribution in [3.05, 3.63) is 39.2 Å². The maximum absolute atomic E-state index is 13.0. The van der Waals surface area contributed by atoms with Crippen LogP contribution >= 0.6 is 11.3 Å². The molecule has 0 aromatic carbocycles. The van der Waals surface area contributed by atoms with E-state index in [-0.39, 0.29) is 24.8 Å². The van der Waals surface area contributed by atoms with Gasteiger partial charge in [0.05, 0.1) is 18.0 Å². The highest BCUT2D eigenvalue weighted by atomic mass is 32.1. The van der Waals surface area contributed by atoms with E-state index in [2.05, 4.69) is 4.98 Å². The van der Waals surface area contributed by atoms with Crippen molar-refractivity contribution in [3.63, 3.8) is 0 Å². The molecule has 0 aliphatic carbocycles. The average Bonchev–Trinajstić information content (AvgIpc) is 3.22. The summed E-state index contributed by atoms with van der Waals surface area (Å²) < 4.78 is 7.98. The fraction of sp³-hybridized carbons (Fsp3) is 0.375. The number of rotatable bonds is 4. The van der Waals surface area contributed by atoms with E-state index in [4.69, 9.17) is 10.5 Å². The van der Waals surface area contributed by atoms with Crippen molar-refractivity contribution in [1.29, 1.82) is 0 Å². The van der Waals surface area contributed by atoms with Crippen molar-refractivity contribution in [2.45, 2.75) is 32.0 Å². The van der Waals surface area contributed by atoms with E-state index < -0.39 is 11.6 Å². The predicted molar refractivity (Wildman–Crippen MR) is 93.8 cm³/mol. The number of hydrogen-bond acceptors (Lipinski definition) is 6. The molecule has 1 saturated heterocycles. The number of primary amides is 1. The van der Waals surface area contributed by atoms with Gasteiger partial charge < -0.3 is 10.5 Å². The maximum Gasteiger partial charge on any atom is 0.332 e. The van der Waals surface area contributed by atoms with E-state index in [0.29, 0.717) is 27.0 Å². The van der Waals surface area contributed by atoms with Crippen molar-refractivity contribution < 1.29 is 9.53 Å². The molecule has 0 bridgehead atoms. The van der Waals surface area contributed by atoms with Crippen LogP contribution in [-0.2, 0) is 22.6 Å². The van der Waals surface area contributed by atoms with Crippen LogP contribution in [0.4, 0.5) is 0 Å². The van der Waals surface area contributed by atoms with Crippen molar-refractivity contribution in [2.24, 2.45) is 5.73 Å². The summed E-state index contributed by atoms with van der Waals surface area (Å²) in [7, 11) is 0. The second-order valence-corrected chi connectivity index (χ2v) is 7.00. The molecule has 2 N–H and O–H groups in total. The third-order valence-electron chi connectivity index (χ3n) is 4.34. The van der Waals surface area contributed by atoms with Crippen molar-refractivity contribution in [1.82, 2.24) is 14.1 Å². The van der Waals surface area contributed by atoms with E-state index >= 15 is 0 Å². The summed E-state index contributed by atoms with van der Waals surface area (Å²) in [4.78, 5) is 42.6. The number of carbonyl (C=O) groups is 1. The molecule has 0 radical (unpaired) electrons. The molecule has 0 spiro atoms. The van der Waals surface area contributed by atoms with E-state index in [9.17, 15) is 14.4 Å². The first-order chi connectivity index (χ1) is 12.1. The molecule has 1 aliphatic rings. The van der Waals surface area contributed by atoms with Gasteiger partial charge in [0.25, 0.3) is 5.56 Å². The number of amides is 1. The standard InChI is InChI=1S/C16H16N4O4S/c17-11(21)8-20-15-12(10-4-1-5-18-13(10)25-15)14(22)19(16(20)23)7-9-3-2-6-24-9/h1,4-5,9H,2-3,6-8H2,(H2,17,21). The maximum atomic E-state index is 13.0. The monoisotopic (exact) mass is 360 g/mol. The Bertz CT molecular complexity index is 1090. The molecule has 25 heavy (non-hydrogen) atoms. The van der Waals surface area contributed by atoms with Crippen LogP contribution in [-0.4, -0.2) is 32.7 Å². The van der Waals surface area contributed by atoms with Crippen LogP contribution in [0.2, 0.25) is 0 Å². The largest absolute Gasteiger partial charge is 0.376 e. The predicted octanol–water partition coefficient (Wildman–Crippen LogP) is 0.437. The second-order valence-electron chi connectivity index (χ2n) is 6.02. The van der Waals surface area contributed by atoms with Gasteiger partial charge in [0, 0.05) is 18.2 Å². The van der Waals surface area contributed by atoms with E-state index in [1.165, 1.54) is 15.9 Å². The van der Waals surface area contributed by atoms with Crippen molar-refractivity contribution in [3.8, 4) is 0 Å². The third-order valence-corrected chi connectivity index (χ3v) is 5.47. The normalized spacial score (nSPS) is 17.5. The van der Waals surface area contributed by atoms with Gasteiger partial charge in [-0.2, -0.15) is 0 Å². The van der Waals surface area contributed by atoms with Crippen LogP contribution in [0.3, 0.4) is 0 Å². The zero-order valence-corrected chi connectivity index (χ0v) is 14.1. The Hall–Kier alpha value is -2.52. The van der Waals surface area contributed by atoms with Gasteiger partial charge in [0.15, 0.2) is 0 Å². The van der Waals surface area contributed by atoms with Gasteiger partial charge in [0.2, 0.25) is 5.91 Å². The third kappa shape index (κ3) is 2.65. The number of pyridine rings is 1. The molecular formula is C16H16N4O4S. The van der Waals surface area contributed by atoms with Crippen molar-refractivity contribution >= 4 is 37.7 Å². The minimum absolute atomic E-state index is 0.171. The number of carbonyl (C=O) groups excluding carboxylic acids is 1. The zero-order valence-electron chi connectivity index (χ0n) is 13.3. The number of ether oxygens (including phenoxy) is 1. The molecule has 4 rings (SSSR count). The first kappa shape index (κ1) is 16.0. The van der Waals surface area contributed by atoms with Crippen LogP contribution in [0.15, 0.2) is 27.9 Å². The average molecular weight is 360 g/mol. The highest BCUT2D eigenvalue weighted by Crippen LogP contribution is 2.29. The summed E-state index contributed by atoms with van der Waals surface area (Å²) in [5.41, 5.74) is 4.39. The highest BCUT2D eigenvalue weighted by molar-refractivity contribution is 7.25. The summed E-state index contributed by atoms with van der Waals surface area (Å²) >= 11 is 1.21. The van der Waals surface area contributed by atoms with Crippen LogP contribution in [0.5, 0.6) is 0 Å². The smallest absolute Gasteiger partial charge is 0.332 e. The summed E-state index contributed by atoms with van der Waals surface area (Å²) in [5, 5.41) is 1.07. The lowest BCUT2D eigenvalue weighted by atomic mass is 10.2.